The maximum atomic E-state index is 14.3. The molecule has 0 bridgehead atoms. The lowest BCUT2D eigenvalue weighted by Crippen LogP contribution is -2.42. The summed E-state index contributed by atoms with van der Waals surface area (Å²) in [5.41, 5.74) is 3.49. The van der Waals surface area contributed by atoms with Crippen molar-refractivity contribution >= 4 is 63.1 Å². The summed E-state index contributed by atoms with van der Waals surface area (Å²) in [5, 5.41) is 5.57. The second-order valence-electron chi connectivity index (χ2n) is 12.5. The molecular weight excluding hydrogens is 742 g/mol. The van der Waals surface area contributed by atoms with Gasteiger partial charge in [-0.15, -0.1) is 0 Å². The first kappa shape index (κ1) is 39.5. The number of thioether (sulfide) groups is 1. The smallest absolute Gasteiger partial charge is 0.285 e. The van der Waals surface area contributed by atoms with Crippen LogP contribution in [0.25, 0.3) is 16.8 Å². The van der Waals surface area contributed by atoms with E-state index in [1.54, 1.807) is 43.4 Å². The number of benzene rings is 5. The van der Waals surface area contributed by atoms with Gasteiger partial charge in [0.05, 0.1) is 23.4 Å². The van der Waals surface area contributed by atoms with Gasteiger partial charge in [-0.1, -0.05) is 151 Å². The van der Waals surface area contributed by atoms with Gasteiger partial charge in [0.15, 0.2) is 16.7 Å². The number of carbonyl (C=O) groups is 3. The topological polar surface area (TPSA) is 97.3 Å². The third-order valence-electron chi connectivity index (χ3n) is 8.81. The lowest BCUT2D eigenvalue weighted by atomic mass is 9.99. The zero-order valence-electron chi connectivity index (χ0n) is 31.0. The van der Waals surface area contributed by atoms with E-state index >= 15 is 0 Å². The molecule has 0 radical (unpaired) electrons. The summed E-state index contributed by atoms with van der Waals surface area (Å²) in [6.07, 6.45) is 8.08. The fraction of sp³-hybridized carbons (Fsp3) is 0.130. The van der Waals surface area contributed by atoms with Crippen molar-refractivity contribution in [3.8, 4) is 11.5 Å². The molecule has 0 atom stereocenters. The Labute approximate surface area is 335 Å². The molecule has 10 heteroatoms. The molecule has 6 rings (SSSR count). The van der Waals surface area contributed by atoms with Gasteiger partial charge in [-0.05, 0) is 71.2 Å². The number of nitrogens with one attached hydrogen (secondary N) is 1. The number of rotatable bonds is 14. The zero-order valence-corrected chi connectivity index (χ0v) is 32.6. The van der Waals surface area contributed by atoms with Crippen molar-refractivity contribution in [1.82, 2.24) is 10.2 Å². The predicted octanol–water partition coefficient (Wildman–Crippen LogP) is 9.86. The van der Waals surface area contributed by atoms with Crippen LogP contribution in [0.4, 0.5) is 0 Å². The first-order valence-corrected chi connectivity index (χ1v) is 19.4. The first-order valence-electron chi connectivity index (χ1n) is 18.0. The van der Waals surface area contributed by atoms with Gasteiger partial charge in [0, 0.05) is 5.70 Å². The van der Waals surface area contributed by atoms with Gasteiger partial charge >= 0.3 is 0 Å². The minimum absolute atomic E-state index is 0.0651. The molecule has 0 spiro atoms. The summed E-state index contributed by atoms with van der Waals surface area (Å²) in [4.78, 5) is 47.1. The number of fused-ring (bicyclic) bond motifs is 1. The lowest BCUT2D eigenvalue weighted by molar-refractivity contribution is -0.126. The van der Waals surface area contributed by atoms with Crippen molar-refractivity contribution in [2.45, 2.75) is 26.5 Å². The highest BCUT2D eigenvalue weighted by atomic mass is 35.5. The maximum Gasteiger partial charge on any atom is 0.285 e. The van der Waals surface area contributed by atoms with Crippen LogP contribution in [-0.2, 0) is 21.0 Å². The number of amides is 3. The highest BCUT2D eigenvalue weighted by Gasteiger charge is 2.35. The Morgan fingerprint density at radius 3 is 2.29 bits per heavy atom. The van der Waals surface area contributed by atoms with Crippen molar-refractivity contribution < 1.29 is 23.9 Å². The van der Waals surface area contributed by atoms with Gasteiger partial charge in [0.25, 0.3) is 11.8 Å². The van der Waals surface area contributed by atoms with E-state index in [1.165, 1.54) is 11.0 Å². The Morgan fingerprint density at radius 2 is 1.61 bits per heavy atom. The minimum Gasteiger partial charge on any atom is -0.490 e. The predicted molar refractivity (Wildman–Crippen MR) is 227 cm³/mol. The zero-order chi connectivity index (χ0) is 39.4. The van der Waals surface area contributed by atoms with Crippen LogP contribution in [0.2, 0.25) is 5.02 Å². The van der Waals surface area contributed by atoms with Crippen LogP contribution in [-0.4, -0.2) is 40.1 Å². The highest BCUT2D eigenvalue weighted by molar-refractivity contribution is 8.14. The number of ether oxygens (including phenoxy) is 2. The van der Waals surface area contributed by atoms with E-state index in [9.17, 15) is 14.4 Å². The quantitative estimate of drug-likeness (QED) is 0.0685. The van der Waals surface area contributed by atoms with Crippen molar-refractivity contribution in [3.05, 3.63) is 185 Å². The van der Waals surface area contributed by atoms with E-state index in [-0.39, 0.29) is 34.0 Å². The average Bonchev–Trinajstić information content (AvgIpc) is 3.22. The third kappa shape index (κ3) is 9.37. The third-order valence-corrected chi connectivity index (χ3v) is 10.0. The van der Waals surface area contributed by atoms with Crippen LogP contribution in [0, 0.1) is 0 Å². The lowest BCUT2D eigenvalue weighted by Gasteiger charge is -2.28. The van der Waals surface area contributed by atoms with Crippen LogP contribution in [0.1, 0.15) is 42.1 Å². The molecule has 56 heavy (non-hydrogen) atoms. The molecule has 1 aliphatic heterocycles. The molecule has 5 aromatic carbocycles. The molecule has 8 nitrogen and oxygen atoms in total. The molecule has 0 fully saturated rings. The van der Waals surface area contributed by atoms with Crippen molar-refractivity contribution in [3.63, 3.8) is 0 Å². The number of carbonyl (C=O) groups excluding carboxylic acids is 3. The normalized spacial score (nSPS) is 14.1. The molecule has 1 aliphatic rings. The van der Waals surface area contributed by atoms with E-state index in [4.69, 9.17) is 21.1 Å². The van der Waals surface area contributed by atoms with Gasteiger partial charge in [0.2, 0.25) is 5.91 Å². The van der Waals surface area contributed by atoms with E-state index in [0.717, 1.165) is 39.2 Å². The van der Waals surface area contributed by atoms with E-state index in [1.807, 2.05) is 110 Å². The number of nitrogens with zero attached hydrogens (tertiary/aromatic N) is 2. The Balaban J connectivity index is 1.27. The molecule has 0 saturated heterocycles. The highest BCUT2D eigenvalue weighted by Crippen LogP contribution is 2.39. The van der Waals surface area contributed by atoms with Crippen molar-refractivity contribution in [2.24, 2.45) is 4.99 Å². The van der Waals surface area contributed by atoms with Crippen molar-refractivity contribution in [2.75, 3.05) is 12.4 Å². The molecule has 5 aromatic rings. The van der Waals surface area contributed by atoms with E-state index < -0.39 is 17.9 Å². The molecule has 282 valence electrons. The van der Waals surface area contributed by atoms with Gasteiger partial charge < -0.3 is 14.8 Å². The summed E-state index contributed by atoms with van der Waals surface area (Å²) < 4.78 is 12.2. The Kier molecular flexibility index (Phi) is 13.4. The maximum absolute atomic E-state index is 14.3. The summed E-state index contributed by atoms with van der Waals surface area (Å²) >= 11 is 7.79. The molecule has 0 unspecified atom stereocenters. The summed E-state index contributed by atoms with van der Waals surface area (Å²) in [5.74, 6) is -1.09. The Bertz CT molecular complexity index is 2330. The van der Waals surface area contributed by atoms with Crippen LogP contribution in [0.5, 0.6) is 11.5 Å². The van der Waals surface area contributed by atoms with E-state index in [0.29, 0.717) is 29.4 Å². The minimum atomic E-state index is -0.755. The molecule has 3 amide bonds. The fourth-order valence-electron chi connectivity index (χ4n) is 6.20. The number of allylic oxidation sites excluding steroid dienone is 4. The monoisotopic (exact) mass is 781 g/mol. The van der Waals surface area contributed by atoms with E-state index in [2.05, 4.69) is 16.9 Å². The number of amidine groups is 1. The van der Waals surface area contributed by atoms with Gasteiger partial charge in [-0.2, -0.15) is 4.99 Å². The number of aliphatic imine (C=N–C) groups is 1. The SMILES string of the molecule is C=C/C=C\C(=C/C)N1C(=O)/C(=C/c2cc(Cl)c(OCc3cccc4ccccc34)c(OCC)c2)C(=O)N=C1SCC(=O)NC(c1ccccc1)c1ccccc1. The molecule has 1 heterocycles. The first-order chi connectivity index (χ1) is 27.3. The number of halogens is 1. The molecule has 0 aliphatic carbocycles. The Morgan fingerprint density at radius 1 is 0.929 bits per heavy atom. The summed E-state index contributed by atoms with van der Waals surface area (Å²) in [6, 6.07) is 36.2. The molecular formula is C46H40ClN3O5S. The standard InChI is InChI=1S/C46H40ClN3O5S/c1-4-7-24-36(5-2)50-45(53)38(44(52)49-46(50)56-30-41(51)48-42(33-18-10-8-11-19-33)34-20-12-9-13-21-34)26-31-27-39(47)43(40(28-31)54-6-3)55-29-35-23-16-22-32-17-14-15-25-37(32)35/h4-5,7-28,42H,1,6,29-30H2,2-3H3,(H,48,51)/b24-7-,36-5+,38-26+. The van der Waals surface area contributed by atoms with Gasteiger partial charge in [-0.25, -0.2) is 0 Å². The van der Waals surface area contributed by atoms with Gasteiger partial charge in [-0.3, -0.25) is 19.3 Å². The fourth-order valence-corrected chi connectivity index (χ4v) is 7.28. The Hall–Kier alpha value is -6.16. The molecule has 1 N–H and O–H groups in total. The van der Waals surface area contributed by atoms with Gasteiger partial charge in [0.1, 0.15) is 12.2 Å². The largest absolute Gasteiger partial charge is 0.490 e. The van der Waals surface area contributed by atoms with Crippen LogP contribution >= 0.6 is 23.4 Å². The molecule has 0 saturated carbocycles. The van der Waals surface area contributed by atoms with Crippen molar-refractivity contribution in [1.29, 1.82) is 0 Å². The van der Waals surface area contributed by atoms with Crippen LogP contribution in [0.15, 0.2) is 162 Å². The second kappa shape index (κ2) is 18.9. The number of hydrogen-bond donors (Lipinski definition) is 1. The van der Waals surface area contributed by atoms with Crippen LogP contribution < -0.4 is 14.8 Å². The second-order valence-corrected chi connectivity index (χ2v) is 13.9. The summed E-state index contributed by atoms with van der Waals surface area (Å²) in [6.45, 7) is 7.91. The molecule has 0 aromatic heterocycles. The van der Waals surface area contributed by atoms with Crippen LogP contribution in [0.3, 0.4) is 0 Å². The summed E-state index contributed by atoms with van der Waals surface area (Å²) in [7, 11) is 0. The number of hydrogen-bond acceptors (Lipinski definition) is 6. The average molecular weight is 782 g/mol.